The number of nitrogens with zero attached hydrogens (tertiary/aromatic N) is 1. The number of aliphatic carboxylic acids is 1. The van der Waals surface area contributed by atoms with Crippen LogP contribution in [0.3, 0.4) is 0 Å². The third kappa shape index (κ3) is 4.35. The largest absolute Gasteiger partial charge is 0.481 e. The minimum atomic E-state index is -0.994. The number of benzene rings is 1. The topological polar surface area (TPSA) is 90.2 Å². The van der Waals surface area contributed by atoms with Crippen molar-refractivity contribution >= 4 is 17.6 Å². The van der Waals surface area contributed by atoms with Gasteiger partial charge in [-0.25, -0.2) is 4.39 Å². The minimum Gasteiger partial charge on any atom is -0.481 e. The van der Waals surface area contributed by atoms with Gasteiger partial charge in [-0.05, 0) is 17.5 Å². The van der Waals surface area contributed by atoms with Crippen LogP contribution in [0.4, 0.5) is 10.1 Å². The smallest absolute Gasteiger partial charge is 0.303 e. The van der Waals surface area contributed by atoms with Gasteiger partial charge < -0.3 is 10.4 Å². The predicted molar refractivity (Wildman–Crippen MR) is 70.4 cm³/mol. The predicted octanol–water partition coefficient (Wildman–Crippen LogP) is 2.53. The molecule has 0 unspecified atom stereocenters. The highest BCUT2D eigenvalue weighted by atomic mass is 19.1. The molecule has 2 N–H and O–H groups in total. The maximum Gasteiger partial charge on any atom is 0.303 e. The Morgan fingerprint density at radius 1 is 1.40 bits per heavy atom. The molecule has 1 aromatic rings. The molecule has 0 heterocycles. The molecular formula is C14H15FN2O3. The van der Waals surface area contributed by atoms with Crippen molar-refractivity contribution in [1.82, 2.24) is 0 Å². The standard InChI is InChI=1S/C14H15FN2O3/c1-14(2,7-13(19)20)6-12(18)17-11-5-3-4-10(15)9(11)8-16/h3-5H,6-7H2,1-2H3,(H,17,18)(H,19,20). The van der Waals surface area contributed by atoms with Crippen molar-refractivity contribution in [3.05, 3.63) is 29.6 Å². The van der Waals surface area contributed by atoms with Crippen LogP contribution < -0.4 is 5.32 Å². The summed E-state index contributed by atoms with van der Waals surface area (Å²) in [7, 11) is 0. The summed E-state index contributed by atoms with van der Waals surface area (Å²) < 4.78 is 13.4. The summed E-state index contributed by atoms with van der Waals surface area (Å²) in [5, 5.41) is 20.0. The number of hydrogen-bond donors (Lipinski definition) is 2. The molecular weight excluding hydrogens is 263 g/mol. The zero-order chi connectivity index (χ0) is 15.3. The van der Waals surface area contributed by atoms with E-state index >= 15 is 0 Å². The average molecular weight is 278 g/mol. The van der Waals surface area contributed by atoms with Gasteiger partial charge >= 0.3 is 5.97 Å². The van der Waals surface area contributed by atoms with Gasteiger partial charge in [0, 0.05) is 6.42 Å². The maximum absolute atomic E-state index is 13.4. The molecule has 106 valence electrons. The summed E-state index contributed by atoms with van der Waals surface area (Å²) in [6, 6.07) is 5.61. The van der Waals surface area contributed by atoms with E-state index in [1.165, 1.54) is 12.1 Å². The van der Waals surface area contributed by atoms with E-state index in [2.05, 4.69) is 5.32 Å². The van der Waals surface area contributed by atoms with Crippen molar-refractivity contribution in [1.29, 1.82) is 5.26 Å². The summed E-state index contributed by atoms with van der Waals surface area (Å²) in [5.74, 6) is -2.17. The number of rotatable bonds is 5. The van der Waals surface area contributed by atoms with Gasteiger partial charge in [0.2, 0.25) is 5.91 Å². The molecule has 0 aliphatic rings. The van der Waals surface area contributed by atoms with E-state index in [1.807, 2.05) is 0 Å². The number of carbonyl (C=O) groups is 2. The van der Waals surface area contributed by atoms with Gasteiger partial charge in [0.05, 0.1) is 12.1 Å². The van der Waals surface area contributed by atoms with Crippen molar-refractivity contribution in [3.63, 3.8) is 0 Å². The molecule has 1 amide bonds. The third-order valence-electron chi connectivity index (χ3n) is 2.67. The fourth-order valence-electron chi connectivity index (χ4n) is 1.84. The Morgan fingerprint density at radius 3 is 2.60 bits per heavy atom. The monoisotopic (exact) mass is 278 g/mol. The molecule has 0 fully saturated rings. The van der Waals surface area contributed by atoms with Crippen molar-refractivity contribution in [3.8, 4) is 6.07 Å². The number of amides is 1. The number of carboxylic acids is 1. The molecule has 0 aliphatic heterocycles. The number of carbonyl (C=O) groups excluding carboxylic acids is 1. The number of nitrogens with one attached hydrogen (secondary N) is 1. The first-order valence-corrected chi connectivity index (χ1v) is 5.95. The molecule has 5 nitrogen and oxygen atoms in total. The summed E-state index contributed by atoms with van der Waals surface area (Å²) in [6.07, 6.45) is -0.199. The summed E-state index contributed by atoms with van der Waals surface area (Å²) in [6.45, 7) is 3.30. The molecule has 20 heavy (non-hydrogen) atoms. The molecule has 0 saturated heterocycles. The molecule has 0 aliphatic carbocycles. The molecule has 6 heteroatoms. The Balaban J connectivity index is 2.80. The highest BCUT2D eigenvalue weighted by molar-refractivity contribution is 5.92. The maximum atomic E-state index is 13.4. The van der Waals surface area contributed by atoms with E-state index < -0.39 is 23.1 Å². The average Bonchev–Trinajstić information content (AvgIpc) is 2.26. The summed E-state index contributed by atoms with van der Waals surface area (Å²) in [5.41, 5.74) is -0.878. The molecule has 0 saturated carbocycles. The Bertz CT molecular complexity index is 576. The lowest BCUT2D eigenvalue weighted by atomic mass is 9.85. The van der Waals surface area contributed by atoms with E-state index in [1.54, 1.807) is 19.9 Å². The normalized spacial score (nSPS) is 10.7. The van der Waals surface area contributed by atoms with Gasteiger partial charge in [-0.15, -0.1) is 0 Å². The molecule has 0 radical (unpaired) electrons. The number of carboxylic acid groups (broad SMARTS) is 1. The van der Waals surface area contributed by atoms with Crippen LogP contribution in [0, 0.1) is 22.6 Å². The molecule has 0 bridgehead atoms. The Labute approximate surface area is 116 Å². The lowest BCUT2D eigenvalue weighted by molar-refractivity contribution is -0.139. The van der Waals surface area contributed by atoms with E-state index in [4.69, 9.17) is 10.4 Å². The minimum absolute atomic E-state index is 0.0410. The van der Waals surface area contributed by atoms with Crippen molar-refractivity contribution in [2.45, 2.75) is 26.7 Å². The van der Waals surface area contributed by atoms with Gasteiger partial charge in [0.25, 0.3) is 0 Å². The quantitative estimate of drug-likeness (QED) is 0.865. The third-order valence-corrected chi connectivity index (χ3v) is 2.67. The van der Waals surface area contributed by atoms with Gasteiger partial charge in [-0.1, -0.05) is 19.9 Å². The Kier molecular flexibility index (Phi) is 4.81. The van der Waals surface area contributed by atoms with E-state index in [-0.39, 0.29) is 24.1 Å². The fourth-order valence-corrected chi connectivity index (χ4v) is 1.84. The van der Waals surface area contributed by atoms with Gasteiger partial charge in [-0.3, -0.25) is 9.59 Å². The van der Waals surface area contributed by atoms with Gasteiger partial charge in [0.1, 0.15) is 17.4 Å². The summed E-state index contributed by atoms with van der Waals surface area (Å²) >= 11 is 0. The van der Waals surface area contributed by atoms with Crippen LogP contribution >= 0.6 is 0 Å². The highest BCUT2D eigenvalue weighted by Crippen LogP contribution is 2.26. The van der Waals surface area contributed by atoms with Crippen LogP contribution in [-0.2, 0) is 9.59 Å². The molecule has 1 aromatic carbocycles. The number of hydrogen-bond acceptors (Lipinski definition) is 3. The molecule has 1 rings (SSSR count). The first-order chi connectivity index (χ1) is 9.25. The zero-order valence-corrected chi connectivity index (χ0v) is 11.2. The van der Waals surface area contributed by atoms with Crippen LogP contribution in [0.2, 0.25) is 0 Å². The van der Waals surface area contributed by atoms with Crippen molar-refractivity contribution in [2.75, 3.05) is 5.32 Å². The summed E-state index contributed by atoms with van der Waals surface area (Å²) in [4.78, 5) is 22.5. The van der Waals surface area contributed by atoms with Crippen LogP contribution in [0.5, 0.6) is 0 Å². The van der Waals surface area contributed by atoms with E-state index in [0.717, 1.165) is 6.07 Å². The lowest BCUT2D eigenvalue weighted by Crippen LogP contribution is -2.25. The first-order valence-electron chi connectivity index (χ1n) is 5.95. The van der Waals surface area contributed by atoms with E-state index in [0.29, 0.717) is 0 Å². The van der Waals surface area contributed by atoms with Crippen LogP contribution in [0.15, 0.2) is 18.2 Å². The Hall–Kier alpha value is -2.42. The zero-order valence-electron chi connectivity index (χ0n) is 11.2. The SMILES string of the molecule is CC(C)(CC(=O)O)CC(=O)Nc1cccc(F)c1C#N. The van der Waals surface area contributed by atoms with Crippen molar-refractivity contribution in [2.24, 2.45) is 5.41 Å². The van der Waals surface area contributed by atoms with Gasteiger partial charge in [0.15, 0.2) is 0 Å². The van der Waals surface area contributed by atoms with E-state index in [9.17, 15) is 14.0 Å². The fraction of sp³-hybridized carbons (Fsp3) is 0.357. The molecule has 0 atom stereocenters. The number of halogens is 1. The first kappa shape index (κ1) is 15.6. The van der Waals surface area contributed by atoms with Gasteiger partial charge in [-0.2, -0.15) is 5.26 Å². The molecule has 0 aromatic heterocycles. The van der Waals surface area contributed by atoms with Crippen LogP contribution in [-0.4, -0.2) is 17.0 Å². The lowest BCUT2D eigenvalue weighted by Gasteiger charge is -2.21. The number of anilines is 1. The van der Waals surface area contributed by atoms with Crippen molar-refractivity contribution < 1.29 is 19.1 Å². The van der Waals surface area contributed by atoms with Crippen LogP contribution in [0.1, 0.15) is 32.3 Å². The van der Waals surface area contributed by atoms with Crippen LogP contribution in [0.25, 0.3) is 0 Å². The highest BCUT2D eigenvalue weighted by Gasteiger charge is 2.25. The second-order valence-corrected chi connectivity index (χ2v) is 5.23. The number of nitriles is 1. The second kappa shape index (κ2) is 6.15. The Morgan fingerprint density at radius 2 is 2.05 bits per heavy atom. The second-order valence-electron chi connectivity index (χ2n) is 5.23. The molecule has 0 spiro atoms.